The first kappa shape index (κ1) is 19.1. The molecule has 0 amide bonds. The number of benzene rings is 2. The van der Waals surface area contributed by atoms with Gasteiger partial charge in [0.1, 0.15) is 0 Å². The molecule has 0 N–H and O–H groups in total. The number of carbonyl (C=O) groups excluding carboxylic acids is 2. The summed E-state index contributed by atoms with van der Waals surface area (Å²) in [5.41, 5.74) is 0.666. The van der Waals surface area contributed by atoms with Crippen molar-refractivity contribution in [2.75, 3.05) is 0 Å². The van der Waals surface area contributed by atoms with E-state index >= 15 is 0 Å². The Hall–Kier alpha value is -1.24. The van der Waals surface area contributed by atoms with Crippen molar-refractivity contribution in [1.82, 2.24) is 0 Å². The van der Waals surface area contributed by atoms with Gasteiger partial charge in [-0.2, -0.15) is 0 Å². The van der Waals surface area contributed by atoms with Crippen LogP contribution in [0, 0.1) is 0 Å². The minimum absolute atomic E-state index is 0.00413. The Labute approximate surface area is 149 Å². The standard InChI is InChI=1S/C14H12O3.3C2H5.Pb/c15-13(7-8-14(16)17)12-6-5-10-3-1-2-4-11(10)9-12;3*1-2;/h1-6,9H,7-8H2,(H,16,17);3*1H2,2H3;/q;;;;+1/p-1. The molecule has 0 saturated carbocycles. The first-order chi connectivity index (χ1) is 11.5. The minimum atomic E-state index is -2.85. The summed E-state index contributed by atoms with van der Waals surface area (Å²) in [6.45, 7) is 6.38. The Bertz CT molecular complexity index is 711. The van der Waals surface area contributed by atoms with Crippen molar-refractivity contribution >= 4 is 44.2 Å². The maximum atomic E-state index is 12.4. The molecule has 0 aliphatic heterocycles. The molecule has 0 saturated heterocycles. The third kappa shape index (κ3) is 4.65. The average molecular weight is 522 g/mol. The fraction of sp³-hybridized carbons (Fsp3) is 0.400. The number of Topliss-reactive ketones (excluding diaryl/α,β-unsaturated/α-hetero) is 1. The zero-order valence-corrected chi connectivity index (χ0v) is 18.7. The number of hydrogen-bond acceptors (Lipinski definition) is 3. The molecule has 128 valence electrons. The summed E-state index contributed by atoms with van der Waals surface area (Å²) in [5, 5.41) is 2.16. The zero-order valence-electron chi connectivity index (χ0n) is 14.8. The first-order valence-corrected chi connectivity index (χ1v) is 18.6. The molecule has 0 fully saturated rings. The second-order valence-electron chi connectivity index (χ2n) is 6.20. The van der Waals surface area contributed by atoms with E-state index in [1.165, 1.54) is 0 Å². The summed E-state index contributed by atoms with van der Waals surface area (Å²) < 4.78 is 8.93. The Kier molecular flexibility index (Phi) is 6.95. The van der Waals surface area contributed by atoms with E-state index in [2.05, 4.69) is 20.8 Å². The van der Waals surface area contributed by atoms with Gasteiger partial charge in [-0.15, -0.1) is 0 Å². The van der Waals surface area contributed by atoms with Crippen LogP contribution in [0.2, 0.25) is 11.9 Å². The van der Waals surface area contributed by atoms with Gasteiger partial charge in [-0.1, -0.05) is 0 Å². The van der Waals surface area contributed by atoms with Gasteiger partial charge in [0.25, 0.3) is 0 Å². The van der Waals surface area contributed by atoms with E-state index in [1.807, 2.05) is 42.5 Å². The van der Waals surface area contributed by atoms with Crippen molar-refractivity contribution in [3.05, 3.63) is 48.0 Å². The van der Waals surface area contributed by atoms with E-state index in [4.69, 9.17) is 2.69 Å². The van der Waals surface area contributed by atoms with Crippen molar-refractivity contribution in [2.45, 2.75) is 45.6 Å². The molecule has 2 aromatic carbocycles. The van der Waals surface area contributed by atoms with E-state index in [0.29, 0.717) is 5.56 Å². The van der Waals surface area contributed by atoms with Crippen LogP contribution in [0.15, 0.2) is 42.5 Å². The number of hydrogen-bond donors (Lipinski definition) is 0. The van der Waals surface area contributed by atoms with Gasteiger partial charge < -0.3 is 0 Å². The van der Waals surface area contributed by atoms with Gasteiger partial charge in [0, 0.05) is 0 Å². The third-order valence-corrected chi connectivity index (χ3v) is 22.5. The van der Waals surface area contributed by atoms with Gasteiger partial charge in [-0.3, -0.25) is 0 Å². The molecule has 3 nitrogen and oxygen atoms in total. The number of rotatable bonds is 8. The van der Waals surface area contributed by atoms with Gasteiger partial charge in [-0.25, -0.2) is 0 Å². The molecule has 4 heteroatoms. The molecule has 0 spiro atoms. The van der Waals surface area contributed by atoms with Gasteiger partial charge in [0.15, 0.2) is 0 Å². The molecule has 0 atom stereocenters. The third-order valence-electron chi connectivity index (χ3n) is 4.89. The van der Waals surface area contributed by atoms with E-state index in [1.54, 1.807) is 0 Å². The van der Waals surface area contributed by atoms with Crippen molar-refractivity contribution in [2.24, 2.45) is 0 Å². The summed E-state index contributed by atoms with van der Waals surface area (Å²) in [4.78, 5) is 24.5. The van der Waals surface area contributed by atoms with Crippen LogP contribution in [0.5, 0.6) is 0 Å². The predicted molar refractivity (Wildman–Crippen MR) is 101 cm³/mol. The molecule has 2 aromatic rings. The number of carbonyl (C=O) groups is 2. The quantitative estimate of drug-likeness (QED) is 0.348. The summed E-state index contributed by atoms with van der Waals surface area (Å²) in [5.74, 6) is -0.180. The molecule has 0 aliphatic carbocycles. The average Bonchev–Trinajstić information content (AvgIpc) is 2.64. The Morgan fingerprint density at radius 2 is 1.50 bits per heavy atom. The summed E-state index contributed by atoms with van der Waals surface area (Å²) in [7, 11) is 0. The van der Waals surface area contributed by atoms with E-state index < -0.39 is 21.6 Å². The summed E-state index contributed by atoms with van der Waals surface area (Å²) in [6.07, 6.45) is 0.408. The molecule has 24 heavy (non-hydrogen) atoms. The molecule has 0 aliphatic rings. The van der Waals surface area contributed by atoms with Crippen molar-refractivity contribution in [1.29, 1.82) is 0 Å². The van der Waals surface area contributed by atoms with Crippen LogP contribution in [-0.2, 0) is 7.48 Å². The second kappa shape index (κ2) is 8.74. The zero-order chi connectivity index (χ0) is 17.6. The Balaban J connectivity index is 1.97. The number of ketones is 1. The van der Waals surface area contributed by atoms with Gasteiger partial charge in [-0.05, 0) is 0 Å². The van der Waals surface area contributed by atoms with Crippen LogP contribution in [0.1, 0.15) is 44.0 Å². The maximum absolute atomic E-state index is 12.4. The molecular formula is C20H26O3Pb. The topological polar surface area (TPSA) is 43.4 Å². The molecule has 0 unspecified atom stereocenters. The molecule has 0 radical (unpaired) electrons. The Morgan fingerprint density at radius 1 is 0.875 bits per heavy atom. The van der Waals surface area contributed by atoms with Crippen molar-refractivity contribution < 1.29 is 12.3 Å². The van der Waals surface area contributed by atoms with E-state index in [9.17, 15) is 9.59 Å². The monoisotopic (exact) mass is 522 g/mol. The second-order valence-corrected chi connectivity index (χ2v) is 24.4. The fourth-order valence-electron chi connectivity index (χ4n) is 2.98. The van der Waals surface area contributed by atoms with Crippen LogP contribution in [0.4, 0.5) is 0 Å². The van der Waals surface area contributed by atoms with Gasteiger partial charge >= 0.3 is 150 Å². The molecule has 0 aromatic heterocycles. The van der Waals surface area contributed by atoms with Crippen LogP contribution in [0.3, 0.4) is 0 Å². The molecule has 0 heterocycles. The van der Waals surface area contributed by atoms with E-state index in [-0.39, 0.29) is 24.6 Å². The van der Waals surface area contributed by atoms with Crippen LogP contribution >= 0.6 is 0 Å². The van der Waals surface area contributed by atoms with Crippen LogP contribution in [-0.4, -0.2) is 33.4 Å². The molecule has 2 rings (SSSR count). The fourth-order valence-corrected chi connectivity index (χ4v) is 12.8. The van der Waals surface area contributed by atoms with Crippen molar-refractivity contribution in [3.63, 3.8) is 0 Å². The predicted octanol–water partition coefficient (Wildman–Crippen LogP) is 5.35. The molecule has 0 bridgehead atoms. The SMILES string of the molecule is C[CH2][Pb]([CH2]C)([CH2]C)[O]C(=O)CCC(=O)c1ccc2ccccc2c1. The van der Waals surface area contributed by atoms with Gasteiger partial charge in [0.05, 0.1) is 0 Å². The van der Waals surface area contributed by atoms with E-state index in [0.717, 1.165) is 22.7 Å². The van der Waals surface area contributed by atoms with Crippen LogP contribution < -0.4 is 0 Å². The Morgan fingerprint density at radius 3 is 2.12 bits per heavy atom. The van der Waals surface area contributed by atoms with Gasteiger partial charge in [0.2, 0.25) is 0 Å². The first-order valence-electron chi connectivity index (χ1n) is 8.77. The summed E-state index contributed by atoms with van der Waals surface area (Å²) >= 11 is -2.85. The normalized spacial score (nSPS) is 11.5. The summed E-state index contributed by atoms with van der Waals surface area (Å²) in [6, 6.07) is 13.6. The molecular weight excluding hydrogens is 495 g/mol. The van der Waals surface area contributed by atoms with Crippen molar-refractivity contribution in [3.8, 4) is 0 Å². The number of fused-ring (bicyclic) bond motifs is 1. The van der Waals surface area contributed by atoms with Crippen LogP contribution in [0.25, 0.3) is 10.8 Å².